The van der Waals surface area contributed by atoms with Gasteiger partial charge in [-0.2, -0.15) is 0 Å². The summed E-state index contributed by atoms with van der Waals surface area (Å²) in [5.74, 6) is 0.900. The summed E-state index contributed by atoms with van der Waals surface area (Å²) in [7, 11) is 0. The number of rotatable bonds is 2. The maximum absolute atomic E-state index is 5.25. The van der Waals surface area contributed by atoms with Crippen LogP contribution in [0.5, 0.6) is 0 Å². The molecule has 41 heavy (non-hydrogen) atoms. The van der Waals surface area contributed by atoms with E-state index in [0.717, 1.165) is 28.2 Å². The van der Waals surface area contributed by atoms with Gasteiger partial charge in [0, 0.05) is 21.9 Å². The van der Waals surface area contributed by atoms with Crippen LogP contribution < -0.4 is 0 Å². The molecule has 2 aromatic heterocycles. The zero-order chi connectivity index (χ0) is 27.3. The highest BCUT2D eigenvalue weighted by Gasteiger charge is 2.35. The third-order valence-corrected chi connectivity index (χ3v) is 9.11. The molecule has 0 radical (unpaired) electrons. The van der Waals surface area contributed by atoms with E-state index in [9.17, 15) is 0 Å². The van der Waals surface area contributed by atoms with Gasteiger partial charge in [0.25, 0.3) is 0 Å². The molecule has 3 nitrogen and oxygen atoms in total. The van der Waals surface area contributed by atoms with E-state index in [0.29, 0.717) is 0 Å². The number of para-hydroxylation sites is 4. The third-order valence-electron chi connectivity index (χ3n) is 9.11. The standard InChI is InChI=1S/C38H27N3/c1-38(2)30-16-8-6-14-26(30)29-22-24-20-21-35-36(28(24)23-31(29)38)27-15-7-10-18-33(27)41(35)37-39-32-17-9-11-19-34(32)40(37)25-12-4-3-5-13-25/h3-23H,1-2H3. The molecule has 0 N–H and O–H groups in total. The van der Waals surface area contributed by atoms with Gasteiger partial charge in [0.15, 0.2) is 0 Å². The van der Waals surface area contributed by atoms with Gasteiger partial charge in [-0.3, -0.25) is 9.13 Å². The average Bonchev–Trinajstić information content (AvgIpc) is 3.63. The predicted octanol–water partition coefficient (Wildman–Crippen LogP) is 9.58. The predicted molar refractivity (Wildman–Crippen MR) is 170 cm³/mol. The smallest absolute Gasteiger partial charge is 0.220 e. The van der Waals surface area contributed by atoms with Crippen LogP contribution in [0.1, 0.15) is 25.0 Å². The van der Waals surface area contributed by atoms with Crippen molar-refractivity contribution in [1.82, 2.24) is 14.1 Å². The van der Waals surface area contributed by atoms with Gasteiger partial charge in [0.2, 0.25) is 5.95 Å². The quantitative estimate of drug-likeness (QED) is 0.220. The van der Waals surface area contributed by atoms with Crippen LogP contribution in [0.15, 0.2) is 127 Å². The Kier molecular flexibility index (Phi) is 4.39. The molecule has 194 valence electrons. The monoisotopic (exact) mass is 525 g/mol. The minimum Gasteiger partial charge on any atom is -0.279 e. The summed E-state index contributed by atoms with van der Waals surface area (Å²) >= 11 is 0. The zero-order valence-electron chi connectivity index (χ0n) is 23.0. The van der Waals surface area contributed by atoms with Crippen LogP contribution in [0.4, 0.5) is 0 Å². The van der Waals surface area contributed by atoms with Crippen molar-refractivity contribution in [3.8, 4) is 22.8 Å². The first-order chi connectivity index (χ1) is 20.1. The van der Waals surface area contributed by atoms with Gasteiger partial charge in [-0.25, -0.2) is 4.98 Å². The molecule has 9 rings (SSSR count). The Bertz CT molecular complexity index is 2330. The van der Waals surface area contributed by atoms with Gasteiger partial charge < -0.3 is 0 Å². The molecule has 0 saturated carbocycles. The minimum absolute atomic E-state index is 0.0536. The molecular formula is C38H27N3. The van der Waals surface area contributed by atoms with Crippen molar-refractivity contribution in [2.24, 2.45) is 0 Å². The largest absolute Gasteiger partial charge is 0.279 e. The highest BCUT2D eigenvalue weighted by Crippen LogP contribution is 2.51. The molecule has 3 heteroatoms. The fourth-order valence-electron chi connectivity index (χ4n) is 7.20. The summed E-state index contributed by atoms with van der Waals surface area (Å²) in [4.78, 5) is 5.25. The highest BCUT2D eigenvalue weighted by molar-refractivity contribution is 6.22. The SMILES string of the molecule is CC1(C)c2ccccc2-c2cc3ccc4c(c3cc21)c1ccccc1n4-c1nc2ccccc2n1-c1ccccc1. The number of fused-ring (bicyclic) bond motifs is 9. The normalized spacial score (nSPS) is 13.8. The molecule has 0 saturated heterocycles. The minimum atomic E-state index is -0.0536. The van der Waals surface area contributed by atoms with E-state index < -0.39 is 0 Å². The molecule has 0 aliphatic heterocycles. The Morgan fingerprint density at radius 1 is 0.537 bits per heavy atom. The Morgan fingerprint density at radius 2 is 1.27 bits per heavy atom. The fraction of sp³-hybridized carbons (Fsp3) is 0.0789. The van der Waals surface area contributed by atoms with Gasteiger partial charge in [-0.1, -0.05) is 92.7 Å². The van der Waals surface area contributed by atoms with Crippen LogP contribution in [-0.2, 0) is 5.41 Å². The van der Waals surface area contributed by atoms with Gasteiger partial charge in [-0.05, 0) is 81.6 Å². The van der Waals surface area contributed by atoms with E-state index >= 15 is 0 Å². The Balaban J connectivity index is 1.42. The van der Waals surface area contributed by atoms with Crippen molar-refractivity contribution in [2.75, 3.05) is 0 Å². The number of imidazole rings is 1. The lowest BCUT2D eigenvalue weighted by Gasteiger charge is -2.21. The highest BCUT2D eigenvalue weighted by atomic mass is 15.2. The van der Waals surface area contributed by atoms with Crippen LogP contribution in [0.2, 0.25) is 0 Å². The third kappa shape index (κ3) is 2.95. The number of benzene rings is 6. The first-order valence-electron chi connectivity index (χ1n) is 14.2. The Hall–Kier alpha value is -5.15. The Labute approximate surface area is 237 Å². The molecular weight excluding hydrogens is 498 g/mol. The van der Waals surface area contributed by atoms with Crippen LogP contribution in [0.3, 0.4) is 0 Å². The van der Waals surface area contributed by atoms with Crippen molar-refractivity contribution in [3.63, 3.8) is 0 Å². The second-order valence-corrected chi connectivity index (χ2v) is 11.7. The average molecular weight is 526 g/mol. The first-order valence-corrected chi connectivity index (χ1v) is 14.2. The molecule has 6 aromatic carbocycles. The molecule has 1 aliphatic rings. The zero-order valence-corrected chi connectivity index (χ0v) is 23.0. The number of aromatic nitrogens is 3. The van der Waals surface area contributed by atoms with E-state index in [1.165, 1.54) is 49.3 Å². The topological polar surface area (TPSA) is 22.8 Å². The summed E-state index contributed by atoms with van der Waals surface area (Å²) in [5.41, 5.74) is 11.0. The summed E-state index contributed by atoms with van der Waals surface area (Å²) in [6, 6.07) is 46.1. The summed E-state index contributed by atoms with van der Waals surface area (Å²) in [6.45, 7) is 4.71. The van der Waals surface area contributed by atoms with Crippen LogP contribution in [-0.4, -0.2) is 14.1 Å². The molecule has 0 spiro atoms. The molecule has 1 aliphatic carbocycles. The Morgan fingerprint density at radius 3 is 2.15 bits per heavy atom. The van der Waals surface area contributed by atoms with E-state index in [2.05, 4.69) is 150 Å². The van der Waals surface area contributed by atoms with Crippen molar-refractivity contribution >= 4 is 43.6 Å². The van der Waals surface area contributed by atoms with Gasteiger partial charge in [0.1, 0.15) is 0 Å². The first kappa shape index (κ1) is 22.6. The molecule has 0 bridgehead atoms. The molecule has 0 amide bonds. The summed E-state index contributed by atoms with van der Waals surface area (Å²) in [5, 5.41) is 5.08. The number of hydrogen-bond acceptors (Lipinski definition) is 1. The molecule has 0 fully saturated rings. The lowest BCUT2D eigenvalue weighted by Crippen LogP contribution is -2.14. The lowest BCUT2D eigenvalue weighted by molar-refractivity contribution is 0.661. The van der Waals surface area contributed by atoms with Crippen molar-refractivity contribution in [3.05, 3.63) is 139 Å². The van der Waals surface area contributed by atoms with E-state index in [-0.39, 0.29) is 5.41 Å². The van der Waals surface area contributed by atoms with E-state index in [4.69, 9.17) is 4.98 Å². The molecule has 2 heterocycles. The van der Waals surface area contributed by atoms with Crippen molar-refractivity contribution in [1.29, 1.82) is 0 Å². The van der Waals surface area contributed by atoms with Crippen LogP contribution >= 0.6 is 0 Å². The van der Waals surface area contributed by atoms with Gasteiger partial charge in [0.05, 0.1) is 22.1 Å². The summed E-state index contributed by atoms with van der Waals surface area (Å²) in [6.07, 6.45) is 0. The number of nitrogens with zero attached hydrogens (tertiary/aromatic N) is 3. The number of hydrogen-bond donors (Lipinski definition) is 0. The van der Waals surface area contributed by atoms with Crippen LogP contribution in [0.25, 0.3) is 66.4 Å². The van der Waals surface area contributed by atoms with E-state index in [1.54, 1.807) is 0 Å². The maximum Gasteiger partial charge on any atom is 0.220 e. The maximum atomic E-state index is 5.25. The second kappa shape index (κ2) is 7.96. The fourth-order valence-corrected chi connectivity index (χ4v) is 7.20. The van der Waals surface area contributed by atoms with Crippen molar-refractivity contribution < 1.29 is 0 Å². The molecule has 0 atom stereocenters. The second-order valence-electron chi connectivity index (χ2n) is 11.7. The summed E-state index contributed by atoms with van der Waals surface area (Å²) < 4.78 is 4.64. The molecule has 0 unspecified atom stereocenters. The van der Waals surface area contributed by atoms with Crippen molar-refractivity contribution in [2.45, 2.75) is 19.3 Å². The molecule has 8 aromatic rings. The van der Waals surface area contributed by atoms with Gasteiger partial charge >= 0.3 is 0 Å². The van der Waals surface area contributed by atoms with E-state index in [1.807, 2.05) is 0 Å². The lowest BCUT2D eigenvalue weighted by atomic mass is 9.81. The van der Waals surface area contributed by atoms with Crippen LogP contribution in [0, 0.1) is 0 Å². The van der Waals surface area contributed by atoms with Gasteiger partial charge in [-0.15, -0.1) is 0 Å².